The standard InChI is InChI=1S/C10H8F4O3/c1-3-16-10(15)17-9-7(13)5(11)4(2)6(12)8(9)14/h3H2,1-2H3. The summed E-state index contributed by atoms with van der Waals surface area (Å²) in [6, 6.07) is 0. The van der Waals surface area contributed by atoms with Crippen LogP contribution in [0.5, 0.6) is 5.75 Å². The molecule has 0 aliphatic carbocycles. The van der Waals surface area contributed by atoms with Crippen molar-refractivity contribution in [2.45, 2.75) is 13.8 Å². The van der Waals surface area contributed by atoms with Crippen LogP contribution in [0.4, 0.5) is 22.4 Å². The highest BCUT2D eigenvalue weighted by atomic mass is 19.2. The van der Waals surface area contributed by atoms with E-state index in [1.165, 1.54) is 6.92 Å². The monoisotopic (exact) mass is 252 g/mol. The topological polar surface area (TPSA) is 35.5 Å². The van der Waals surface area contributed by atoms with Crippen LogP contribution < -0.4 is 4.74 Å². The third kappa shape index (κ3) is 2.48. The second-order valence-electron chi connectivity index (χ2n) is 3.00. The molecular weight excluding hydrogens is 244 g/mol. The molecule has 0 aromatic heterocycles. The van der Waals surface area contributed by atoms with Gasteiger partial charge in [0.1, 0.15) is 0 Å². The van der Waals surface area contributed by atoms with Gasteiger partial charge in [0.2, 0.25) is 17.4 Å². The molecule has 0 saturated carbocycles. The van der Waals surface area contributed by atoms with Crippen molar-refractivity contribution >= 4 is 6.16 Å². The molecule has 3 nitrogen and oxygen atoms in total. The van der Waals surface area contributed by atoms with Gasteiger partial charge >= 0.3 is 6.16 Å². The number of carbonyl (C=O) groups excluding carboxylic acids is 1. The summed E-state index contributed by atoms with van der Waals surface area (Å²) in [5.74, 6) is -8.26. The van der Waals surface area contributed by atoms with Crippen molar-refractivity contribution in [1.82, 2.24) is 0 Å². The summed E-state index contributed by atoms with van der Waals surface area (Å²) in [6.07, 6.45) is -1.45. The number of carbonyl (C=O) groups is 1. The molecule has 0 amide bonds. The normalized spacial score (nSPS) is 10.2. The van der Waals surface area contributed by atoms with Gasteiger partial charge in [-0.3, -0.25) is 0 Å². The lowest BCUT2D eigenvalue weighted by Crippen LogP contribution is -2.14. The van der Waals surface area contributed by atoms with Crippen LogP contribution in [-0.4, -0.2) is 12.8 Å². The van der Waals surface area contributed by atoms with E-state index in [1.54, 1.807) is 0 Å². The van der Waals surface area contributed by atoms with Crippen LogP contribution in [-0.2, 0) is 4.74 Å². The first kappa shape index (κ1) is 13.3. The molecule has 0 bridgehead atoms. The molecule has 0 radical (unpaired) electrons. The molecule has 17 heavy (non-hydrogen) atoms. The molecule has 0 fully saturated rings. The third-order valence-corrected chi connectivity index (χ3v) is 1.89. The highest BCUT2D eigenvalue weighted by molar-refractivity contribution is 5.64. The van der Waals surface area contributed by atoms with E-state index >= 15 is 0 Å². The Morgan fingerprint density at radius 1 is 1.06 bits per heavy atom. The minimum absolute atomic E-state index is 0.112. The molecule has 0 saturated heterocycles. The maximum absolute atomic E-state index is 13.2. The first-order valence-corrected chi connectivity index (χ1v) is 4.57. The average Bonchev–Trinajstić information content (AvgIpc) is 2.30. The van der Waals surface area contributed by atoms with Crippen molar-refractivity contribution in [3.8, 4) is 5.75 Å². The molecule has 0 N–H and O–H groups in total. The summed E-state index contributed by atoms with van der Waals surface area (Å²) in [5, 5.41) is 0. The summed E-state index contributed by atoms with van der Waals surface area (Å²) < 4.78 is 60.8. The summed E-state index contributed by atoms with van der Waals surface area (Å²) in [5.41, 5.74) is -0.837. The van der Waals surface area contributed by atoms with E-state index < -0.39 is 40.7 Å². The Morgan fingerprint density at radius 3 is 1.94 bits per heavy atom. The number of hydrogen-bond acceptors (Lipinski definition) is 3. The first-order valence-electron chi connectivity index (χ1n) is 4.57. The molecule has 0 aliphatic heterocycles. The molecule has 0 unspecified atom stereocenters. The van der Waals surface area contributed by atoms with Crippen molar-refractivity contribution in [1.29, 1.82) is 0 Å². The van der Waals surface area contributed by atoms with E-state index in [0.29, 0.717) is 0 Å². The van der Waals surface area contributed by atoms with Gasteiger partial charge in [-0.1, -0.05) is 0 Å². The van der Waals surface area contributed by atoms with Gasteiger partial charge in [0.15, 0.2) is 11.6 Å². The van der Waals surface area contributed by atoms with E-state index in [1.807, 2.05) is 0 Å². The molecule has 94 valence electrons. The van der Waals surface area contributed by atoms with Gasteiger partial charge in [0.25, 0.3) is 0 Å². The van der Waals surface area contributed by atoms with Crippen molar-refractivity contribution in [2.24, 2.45) is 0 Å². The van der Waals surface area contributed by atoms with Crippen LogP contribution in [0.15, 0.2) is 0 Å². The summed E-state index contributed by atoms with van der Waals surface area (Å²) in [4.78, 5) is 10.8. The Kier molecular flexibility index (Phi) is 3.93. The molecule has 1 rings (SSSR count). The molecule has 1 aromatic carbocycles. The Hall–Kier alpha value is -1.79. The van der Waals surface area contributed by atoms with Crippen molar-refractivity contribution < 1.29 is 31.8 Å². The van der Waals surface area contributed by atoms with Crippen LogP contribution in [0.25, 0.3) is 0 Å². The third-order valence-electron chi connectivity index (χ3n) is 1.89. The Labute approximate surface area is 93.9 Å². The molecule has 0 heterocycles. The lowest BCUT2D eigenvalue weighted by Gasteiger charge is -2.09. The largest absolute Gasteiger partial charge is 0.514 e. The van der Waals surface area contributed by atoms with E-state index in [4.69, 9.17) is 0 Å². The minimum atomic E-state index is -1.78. The minimum Gasteiger partial charge on any atom is -0.434 e. The summed E-state index contributed by atoms with van der Waals surface area (Å²) >= 11 is 0. The Balaban J connectivity index is 3.20. The van der Waals surface area contributed by atoms with E-state index in [9.17, 15) is 22.4 Å². The fraction of sp³-hybridized carbons (Fsp3) is 0.300. The van der Waals surface area contributed by atoms with E-state index in [-0.39, 0.29) is 6.61 Å². The number of halogens is 4. The number of rotatable bonds is 2. The van der Waals surface area contributed by atoms with E-state index in [0.717, 1.165) is 6.92 Å². The van der Waals surface area contributed by atoms with Gasteiger partial charge in [-0.25, -0.2) is 13.6 Å². The van der Waals surface area contributed by atoms with Gasteiger partial charge in [-0.15, -0.1) is 0 Å². The fourth-order valence-corrected chi connectivity index (χ4v) is 1.04. The predicted molar refractivity (Wildman–Crippen MR) is 48.7 cm³/mol. The predicted octanol–water partition coefficient (Wildman–Crippen LogP) is 3.09. The number of ether oxygens (including phenoxy) is 2. The van der Waals surface area contributed by atoms with Gasteiger partial charge in [-0.05, 0) is 13.8 Å². The Morgan fingerprint density at radius 2 is 1.53 bits per heavy atom. The number of benzene rings is 1. The second kappa shape index (κ2) is 5.03. The van der Waals surface area contributed by atoms with Crippen LogP contribution in [0.1, 0.15) is 12.5 Å². The molecule has 1 aromatic rings. The van der Waals surface area contributed by atoms with Crippen LogP contribution in [0, 0.1) is 30.2 Å². The maximum Gasteiger partial charge on any atom is 0.514 e. The molecule has 0 aliphatic rings. The highest BCUT2D eigenvalue weighted by Crippen LogP contribution is 2.29. The summed E-state index contributed by atoms with van der Waals surface area (Å²) in [7, 11) is 0. The molecule has 0 spiro atoms. The average molecular weight is 252 g/mol. The highest BCUT2D eigenvalue weighted by Gasteiger charge is 2.26. The van der Waals surface area contributed by atoms with Gasteiger partial charge in [-0.2, -0.15) is 8.78 Å². The maximum atomic E-state index is 13.2. The zero-order valence-electron chi connectivity index (χ0n) is 8.94. The Bertz CT molecular complexity index is 430. The van der Waals surface area contributed by atoms with Crippen molar-refractivity contribution in [2.75, 3.05) is 6.61 Å². The van der Waals surface area contributed by atoms with Gasteiger partial charge in [0.05, 0.1) is 6.61 Å². The lowest BCUT2D eigenvalue weighted by molar-refractivity contribution is 0.100. The number of hydrogen-bond donors (Lipinski definition) is 0. The van der Waals surface area contributed by atoms with Crippen LogP contribution in [0.3, 0.4) is 0 Å². The lowest BCUT2D eigenvalue weighted by atomic mass is 10.2. The zero-order chi connectivity index (χ0) is 13.2. The van der Waals surface area contributed by atoms with Gasteiger partial charge < -0.3 is 9.47 Å². The van der Waals surface area contributed by atoms with Crippen molar-refractivity contribution in [3.63, 3.8) is 0 Å². The van der Waals surface area contributed by atoms with Crippen molar-refractivity contribution in [3.05, 3.63) is 28.8 Å². The molecular formula is C10H8F4O3. The molecule has 0 atom stereocenters. The smallest absolute Gasteiger partial charge is 0.434 e. The van der Waals surface area contributed by atoms with Crippen LogP contribution in [0.2, 0.25) is 0 Å². The van der Waals surface area contributed by atoms with Gasteiger partial charge in [0, 0.05) is 5.56 Å². The second-order valence-corrected chi connectivity index (χ2v) is 3.00. The molecule has 7 heteroatoms. The first-order chi connectivity index (χ1) is 7.90. The SMILES string of the molecule is CCOC(=O)Oc1c(F)c(F)c(C)c(F)c1F. The summed E-state index contributed by atoms with van der Waals surface area (Å²) in [6.45, 7) is 2.16. The zero-order valence-corrected chi connectivity index (χ0v) is 8.94. The quantitative estimate of drug-likeness (QED) is 0.351. The van der Waals surface area contributed by atoms with E-state index in [2.05, 4.69) is 9.47 Å². The fourth-order valence-electron chi connectivity index (χ4n) is 1.04. The van der Waals surface area contributed by atoms with Crippen LogP contribution >= 0.6 is 0 Å².